The van der Waals surface area contributed by atoms with E-state index in [2.05, 4.69) is 0 Å². The fourth-order valence-corrected chi connectivity index (χ4v) is 0.855. The van der Waals surface area contributed by atoms with E-state index >= 15 is 0 Å². The maximum absolute atomic E-state index is 8.99. The maximum Gasteiger partial charge on any atom is 0.115 e. The Morgan fingerprint density at radius 1 is 1.12 bits per heavy atom. The molecule has 6 heteroatoms. The van der Waals surface area contributed by atoms with Crippen molar-refractivity contribution < 1.29 is 73.5 Å². The summed E-state index contributed by atoms with van der Waals surface area (Å²) in [7, 11) is 0. The molecule has 0 saturated heterocycles. The van der Waals surface area contributed by atoms with Crippen LogP contribution in [0.2, 0.25) is 0 Å². The standard InChI is InChI=1S/C10H14O2.H2O2.Re.Y/c1-8(2)12-7-9-3-5-10(11)6-4-9;1-2;;/h3-6,8,11H,7H2,1-2H3;1-2H;;. The first kappa shape index (κ1) is 21.9. The zero-order valence-corrected chi connectivity index (χ0v) is 14.9. The van der Waals surface area contributed by atoms with Crippen LogP contribution in [0.25, 0.3) is 0 Å². The first-order chi connectivity index (χ1) is 6.68. The summed E-state index contributed by atoms with van der Waals surface area (Å²) >= 11 is 0. The van der Waals surface area contributed by atoms with Gasteiger partial charge in [0.25, 0.3) is 0 Å². The van der Waals surface area contributed by atoms with Crippen LogP contribution in [0, 0.1) is 0 Å². The molecule has 1 aromatic rings. The first-order valence-electron chi connectivity index (χ1n) is 4.28. The van der Waals surface area contributed by atoms with Crippen LogP contribution < -0.4 is 0 Å². The summed E-state index contributed by atoms with van der Waals surface area (Å²) in [6, 6.07) is 7.05. The summed E-state index contributed by atoms with van der Waals surface area (Å²) in [6.45, 7) is 4.61. The molecule has 0 saturated carbocycles. The summed E-state index contributed by atoms with van der Waals surface area (Å²) in [5.41, 5.74) is 1.08. The quantitative estimate of drug-likeness (QED) is 0.464. The molecule has 0 unspecified atom stereocenters. The Morgan fingerprint density at radius 3 is 1.94 bits per heavy atom. The monoisotopic (exact) mass is 476 g/mol. The van der Waals surface area contributed by atoms with Crippen LogP contribution in [-0.4, -0.2) is 21.7 Å². The van der Waals surface area contributed by atoms with E-state index in [4.69, 9.17) is 20.4 Å². The molecule has 0 aromatic heterocycles. The second kappa shape index (κ2) is 13.7. The van der Waals surface area contributed by atoms with Gasteiger partial charge in [0.15, 0.2) is 0 Å². The smallest absolute Gasteiger partial charge is 0.115 e. The molecular weight excluding hydrogens is 459 g/mol. The molecule has 0 bridgehead atoms. The van der Waals surface area contributed by atoms with E-state index in [0.29, 0.717) is 12.4 Å². The number of rotatable bonds is 3. The van der Waals surface area contributed by atoms with Crippen molar-refractivity contribution in [2.24, 2.45) is 0 Å². The van der Waals surface area contributed by atoms with Crippen LogP contribution in [0.5, 0.6) is 5.75 Å². The molecule has 0 fully saturated rings. The third-order valence-electron chi connectivity index (χ3n) is 1.52. The van der Waals surface area contributed by atoms with E-state index in [1.165, 1.54) is 0 Å². The fraction of sp³-hybridized carbons (Fsp3) is 0.400. The van der Waals surface area contributed by atoms with E-state index in [-0.39, 0.29) is 59.2 Å². The SMILES string of the molecule is CC(C)OCc1ccc(O)cc1.OO.[Re].[Y]. The summed E-state index contributed by atoms with van der Waals surface area (Å²) in [5.74, 6) is 0.295. The van der Waals surface area contributed by atoms with E-state index in [0.717, 1.165) is 5.56 Å². The molecule has 3 N–H and O–H groups in total. The number of hydrogen-bond acceptors (Lipinski definition) is 4. The van der Waals surface area contributed by atoms with Gasteiger partial charge in [-0.1, -0.05) is 12.1 Å². The van der Waals surface area contributed by atoms with Crippen LogP contribution in [0.15, 0.2) is 24.3 Å². The van der Waals surface area contributed by atoms with Crippen LogP contribution >= 0.6 is 0 Å². The molecule has 0 spiro atoms. The largest absolute Gasteiger partial charge is 0.508 e. The molecule has 2 radical (unpaired) electrons. The third kappa shape index (κ3) is 11.2. The summed E-state index contributed by atoms with van der Waals surface area (Å²) in [5, 5.41) is 21.0. The van der Waals surface area contributed by atoms with Gasteiger partial charge in [-0.25, -0.2) is 0 Å². The molecule has 16 heavy (non-hydrogen) atoms. The molecular formula is C10H16O4ReY. The van der Waals surface area contributed by atoms with Crippen molar-refractivity contribution in [1.29, 1.82) is 0 Å². The second-order valence-electron chi connectivity index (χ2n) is 3.03. The van der Waals surface area contributed by atoms with Gasteiger partial charge in [0.1, 0.15) is 5.75 Å². The minimum Gasteiger partial charge on any atom is -0.508 e. The van der Waals surface area contributed by atoms with Gasteiger partial charge >= 0.3 is 0 Å². The molecule has 1 aromatic carbocycles. The van der Waals surface area contributed by atoms with Gasteiger partial charge in [-0.15, -0.1) is 0 Å². The van der Waals surface area contributed by atoms with Crippen molar-refractivity contribution in [1.82, 2.24) is 0 Å². The Bertz CT molecular complexity index is 241. The van der Waals surface area contributed by atoms with Crippen molar-refractivity contribution in [3.8, 4) is 5.75 Å². The number of ether oxygens (including phenoxy) is 1. The topological polar surface area (TPSA) is 69.9 Å². The predicted octanol–water partition coefficient (Wildman–Crippen LogP) is 2.33. The van der Waals surface area contributed by atoms with E-state index in [9.17, 15) is 0 Å². The average molecular weight is 475 g/mol. The van der Waals surface area contributed by atoms with Gasteiger partial charge in [-0.3, -0.25) is 10.5 Å². The Hall–Kier alpha value is 0.666. The van der Waals surface area contributed by atoms with Crippen molar-refractivity contribution in [3.05, 3.63) is 29.8 Å². The Morgan fingerprint density at radius 2 is 1.56 bits per heavy atom. The maximum atomic E-state index is 8.99. The van der Waals surface area contributed by atoms with Gasteiger partial charge < -0.3 is 9.84 Å². The number of phenols is 1. The Kier molecular flexibility index (Phi) is 18.8. The summed E-state index contributed by atoms with van der Waals surface area (Å²) in [4.78, 5) is 0. The van der Waals surface area contributed by atoms with Crippen molar-refractivity contribution in [2.75, 3.05) is 0 Å². The number of benzene rings is 1. The number of phenolic OH excluding ortho intramolecular Hbond substituents is 1. The van der Waals surface area contributed by atoms with Crippen molar-refractivity contribution >= 4 is 0 Å². The summed E-state index contributed by atoms with van der Waals surface area (Å²) < 4.78 is 5.39. The van der Waals surface area contributed by atoms with Crippen LogP contribution in [0.4, 0.5) is 0 Å². The van der Waals surface area contributed by atoms with Crippen molar-refractivity contribution in [2.45, 2.75) is 26.6 Å². The molecule has 4 nitrogen and oxygen atoms in total. The molecule has 1 rings (SSSR count). The zero-order valence-electron chi connectivity index (χ0n) is 9.30. The van der Waals surface area contributed by atoms with E-state index in [1.54, 1.807) is 12.1 Å². The molecule has 0 aliphatic heterocycles. The van der Waals surface area contributed by atoms with Crippen LogP contribution in [-0.2, 0) is 64.5 Å². The third-order valence-corrected chi connectivity index (χ3v) is 1.52. The average Bonchev–Trinajstić information content (AvgIpc) is 2.20. The van der Waals surface area contributed by atoms with Gasteiger partial charge in [0.05, 0.1) is 12.7 Å². The minimum absolute atomic E-state index is 0. The Labute approximate surface area is 134 Å². The van der Waals surface area contributed by atoms with Gasteiger partial charge in [-0.2, -0.15) is 0 Å². The first-order valence-corrected chi connectivity index (χ1v) is 4.28. The predicted molar refractivity (Wildman–Crippen MR) is 53.3 cm³/mol. The van der Waals surface area contributed by atoms with Gasteiger partial charge in [0, 0.05) is 53.1 Å². The molecule has 0 amide bonds. The molecule has 0 heterocycles. The van der Waals surface area contributed by atoms with E-state index in [1.807, 2.05) is 26.0 Å². The van der Waals surface area contributed by atoms with E-state index < -0.39 is 0 Å². The van der Waals surface area contributed by atoms with Crippen LogP contribution in [0.3, 0.4) is 0 Å². The minimum atomic E-state index is 0. The van der Waals surface area contributed by atoms with Gasteiger partial charge in [0.2, 0.25) is 0 Å². The molecule has 0 atom stereocenters. The van der Waals surface area contributed by atoms with Gasteiger partial charge in [-0.05, 0) is 31.5 Å². The number of hydrogen-bond donors (Lipinski definition) is 3. The molecule has 0 aliphatic carbocycles. The Balaban J connectivity index is -0.000000399. The molecule has 90 valence electrons. The van der Waals surface area contributed by atoms with Crippen molar-refractivity contribution in [3.63, 3.8) is 0 Å². The fourth-order valence-electron chi connectivity index (χ4n) is 0.855. The second-order valence-corrected chi connectivity index (χ2v) is 3.03. The normalized spacial score (nSPS) is 8.31. The summed E-state index contributed by atoms with van der Waals surface area (Å²) in [6.07, 6.45) is 0.249. The molecule has 0 aliphatic rings. The van der Waals surface area contributed by atoms with Crippen LogP contribution in [0.1, 0.15) is 19.4 Å². The zero-order chi connectivity index (χ0) is 11.0. The number of aromatic hydroxyl groups is 1.